The van der Waals surface area contributed by atoms with Crippen molar-refractivity contribution in [3.8, 4) is 11.1 Å². The van der Waals surface area contributed by atoms with Gasteiger partial charge < -0.3 is 0 Å². The van der Waals surface area contributed by atoms with Crippen LogP contribution in [0.1, 0.15) is 12.8 Å². The molecule has 0 saturated heterocycles. The largest absolute Gasteiger partial charge is 0.460 e. The summed E-state index contributed by atoms with van der Waals surface area (Å²) in [6, 6.07) is 0. The molecule has 0 aliphatic heterocycles. The summed E-state index contributed by atoms with van der Waals surface area (Å²) in [4.78, 5) is -5.47. The van der Waals surface area contributed by atoms with E-state index in [1.807, 2.05) is 0 Å². The zero-order valence-corrected chi connectivity index (χ0v) is 35.2. The Bertz CT molecular complexity index is 2250. The summed E-state index contributed by atoms with van der Waals surface area (Å²) in [5.41, 5.74) is -6.30. The molecule has 2 aromatic rings. The summed E-state index contributed by atoms with van der Waals surface area (Å²) in [7, 11) is 0. The Kier molecular flexibility index (Phi) is 17.5. The molecular weight excluding hydrogens is 1250 g/mol. The molecule has 0 radical (unpaired) electrons. The topological polar surface area (TPSA) is 0 Å². The monoisotopic (exact) mass is 1250 g/mol. The summed E-state index contributed by atoms with van der Waals surface area (Å²) in [6.45, 7) is 0. The van der Waals surface area contributed by atoms with Crippen LogP contribution in [-0.2, 0) is 0 Å². The van der Waals surface area contributed by atoms with Gasteiger partial charge in [0.1, 0.15) is 0 Å². The van der Waals surface area contributed by atoms with Crippen LogP contribution in [0, 0.1) is 46.5 Å². The average molecular weight is 1250 g/mol. The van der Waals surface area contributed by atoms with E-state index in [9.17, 15) is 184 Å². The van der Waals surface area contributed by atoms with E-state index in [4.69, 9.17) is 0 Å². The van der Waals surface area contributed by atoms with Crippen molar-refractivity contribution in [1.82, 2.24) is 0 Å². The highest BCUT2D eigenvalue weighted by Crippen LogP contribution is 2.66. The molecule has 0 nitrogen and oxygen atoms in total. The summed E-state index contributed by atoms with van der Waals surface area (Å²) in [6.07, 6.45) is -23.4. The van der Waals surface area contributed by atoms with E-state index in [0.717, 1.165) is 0 Å². The molecule has 2 aromatic carbocycles. The highest BCUT2D eigenvalue weighted by atomic mass is 32.2. The highest BCUT2D eigenvalue weighted by molar-refractivity contribution is 7.99. The Balaban J connectivity index is 2.55. The van der Waals surface area contributed by atoms with Crippen LogP contribution in [0.3, 0.4) is 0 Å². The fourth-order valence-corrected chi connectivity index (χ4v) is 7.18. The first kappa shape index (κ1) is 68.3. The molecular formula is C32H8F42S2. The molecule has 0 heterocycles. The predicted molar refractivity (Wildman–Crippen MR) is 164 cm³/mol. The van der Waals surface area contributed by atoms with Gasteiger partial charge in [0, 0.05) is 24.3 Å². The number of halogens is 42. The second kappa shape index (κ2) is 19.5. The second-order valence-corrected chi connectivity index (χ2v) is 16.6. The normalized spacial score (nSPS) is 15.6. The van der Waals surface area contributed by atoms with Crippen LogP contribution in [0.4, 0.5) is 184 Å². The molecule has 44 heteroatoms. The van der Waals surface area contributed by atoms with Crippen molar-refractivity contribution < 1.29 is 184 Å². The molecule has 76 heavy (non-hydrogen) atoms. The van der Waals surface area contributed by atoms with Gasteiger partial charge >= 0.3 is 95.3 Å². The van der Waals surface area contributed by atoms with E-state index >= 15 is 0 Å². The minimum atomic E-state index is -9.12. The van der Waals surface area contributed by atoms with Gasteiger partial charge in [0.15, 0.2) is 46.5 Å². The number of hydrogen-bond donors (Lipinski definition) is 0. The van der Waals surface area contributed by atoms with E-state index in [-0.39, 0.29) is 0 Å². The van der Waals surface area contributed by atoms with Crippen LogP contribution in [0.2, 0.25) is 0 Å². The Hall–Kier alpha value is -3.80. The van der Waals surface area contributed by atoms with Crippen LogP contribution in [0.5, 0.6) is 0 Å². The van der Waals surface area contributed by atoms with Crippen molar-refractivity contribution in [2.45, 2.75) is 118 Å². The molecule has 2 rings (SSSR count). The molecule has 0 unspecified atom stereocenters. The Labute approximate surface area is 395 Å². The van der Waals surface area contributed by atoms with Gasteiger partial charge in [-0.05, 0) is 0 Å². The smallest absolute Gasteiger partial charge is 0.203 e. The number of hydrogen-bond acceptors (Lipinski definition) is 2. The third-order valence-electron chi connectivity index (χ3n) is 9.60. The lowest BCUT2D eigenvalue weighted by molar-refractivity contribution is -0.461. The van der Waals surface area contributed by atoms with Crippen LogP contribution >= 0.6 is 23.5 Å². The van der Waals surface area contributed by atoms with E-state index in [2.05, 4.69) is 0 Å². The molecule has 0 fully saturated rings. The Morgan fingerprint density at radius 2 is 0.368 bits per heavy atom. The van der Waals surface area contributed by atoms with Crippen molar-refractivity contribution >= 4 is 23.5 Å². The summed E-state index contributed by atoms with van der Waals surface area (Å²) < 4.78 is 578. The molecule has 0 spiro atoms. The van der Waals surface area contributed by atoms with E-state index < -0.39 is 211 Å². The highest BCUT2D eigenvalue weighted by Gasteiger charge is 2.97. The SMILES string of the molecule is Fc1c(F)c(-c2c(F)c(F)c(SCCC(F)(F)C(F)(F)C(F)(F)C(F)(F)C(F)(F)C(F)(F)C(F)(F)C(F)(F)F)c(F)c2F)c(F)c(F)c1SCCC(F)(F)C(F)(F)C(F)(F)C(F)(F)C(F)(F)C(F)(F)C(F)(F)C(F)(F)F. The van der Waals surface area contributed by atoms with Gasteiger partial charge in [0.05, 0.1) is 20.9 Å². The lowest BCUT2D eigenvalue weighted by atomic mass is 9.88. The minimum Gasteiger partial charge on any atom is -0.203 e. The maximum absolute atomic E-state index is 15.0. The molecule has 0 amide bonds. The first-order valence-corrected chi connectivity index (χ1v) is 19.4. The van der Waals surface area contributed by atoms with E-state index in [1.54, 1.807) is 0 Å². The lowest BCUT2D eigenvalue weighted by Crippen LogP contribution is -2.74. The maximum atomic E-state index is 15.0. The second-order valence-electron chi connectivity index (χ2n) is 14.4. The van der Waals surface area contributed by atoms with Crippen LogP contribution < -0.4 is 0 Å². The van der Waals surface area contributed by atoms with Crippen molar-refractivity contribution in [3.05, 3.63) is 46.5 Å². The number of rotatable bonds is 21. The van der Waals surface area contributed by atoms with Crippen molar-refractivity contribution in [1.29, 1.82) is 0 Å². The molecule has 0 aromatic heterocycles. The van der Waals surface area contributed by atoms with Crippen molar-refractivity contribution in [3.63, 3.8) is 0 Å². The van der Waals surface area contributed by atoms with Crippen LogP contribution in [0.15, 0.2) is 9.79 Å². The zero-order valence-electron chi connectivity index (χ0n) is 33.5. The molecule has 0 N–H and O–H groups in total. The van der Waals surface area contributed by atoms with E-state index in [0.29, 0.717) is 0 Å². The third-order valence-corrected chi connectivity index (χ3v) is 11.7. The average Bonchev–Trinajstić information content (AvgIpc) is 3.24. The molecule has 442 valence electrons. The standard InChI is InChI=1S/C32H8F42S2/c33-7-5(8(34)12(38)15(11(7)37)75-3-1-17(41,42)19(45,46)21(49,50)23(53,54)25(57,58)27(61,62)29(65,66)31(69,70)71)6-9(35)13(39)16(14(40)10(6)36)76-4-2-18(43,44)20(47,48)22(51,52)24(55,56)26(59,60)28(63,64)30(67,68)32(72,73)74/h1-4H2. The van der Waals surface area contributed by atoms with Gasteiger partial charge in [-0.3, -0.25) is 0 Å². The van der Waals surface area contributed by atoms with E-state index in [1.165, 1.54) is 0 Å². The van der Waals surface area contributed by atoms with Gasteiger partial charge in [-0.15, -0.1) is 23.5 Å². The van der Waals surface area contributed by atoms with Gasteiger partial charge in [-0.25, -0.2) is 35.1 Å². The number of benzene rings is 2. The van der Waals surface area contributed by atoms with Gasteiger partial charge in [-0.1, -0.05) is 0 Å². The molecule has 0 bridgehead atoms. The van der Waals surface area contributed by atoms with Crippen molar-refractivity contribution in [2.75, 3.05) is 11.5 Å². The number of alkyl halides is 34. The number of thioether (sulfide) groups is 2. The maximum Gasteiger partial charge on any atom is 0.460 e. The van der Waals surface area contributed by atoms with Crippen LogP contribution in [0.25, 0.3) is 11.1 Å². The molecule has 0 saturated carbocycles. The van der Waals surface area contributed by atoms with Crippen LogP contribution in [-0.4, -0.2) is 107 Å². The minimum absolute atomic E-state index is 1.53. The quantitative estimate of drug-likeness (QED) is 0.0694. The Morgan fingerprint density at radius 3 is 0.539 bits per heavy atom. The zero-order chi connectivity index (χ0) is 61.2. The molecule has 0 aliphatic rings. The summed E-state index contributed by atoms with van der Waals surface area (Å²) in [5, 5.41) is 0. The first-order valence-electron chi connectivity index (χ1n) is 17.4. The lowest BCUT2D eigenvalue weighted by Gasteiger charge is -2.42. The first-order chi connectivity index (χ1) is 33.0. The van der Waals surface area contributed by atoms with Gasteiger partial charge in [-0.2, -0.15) is 149 Å². The fourth-order valence-electron chi connectivity index (χ4n) is 5.18. The van der Waals surface area contributed by atoms with Gasteiger partial charge in [0.2, 0.25) is 0 Å². The Morgan fingerprint density at radius 1 is 0.211 bits per heavy atom. The van der Waals surface area contributed by atoms with Crippen molar-refractivity contribution in [2.24, 2.45) is 0 Å². The summed E-state index contributed by atoms with van der Waals surface area (Å²) >= 11 is -3.06. The molecule has 0 atom stereocenters. The fraction of sp³-hybridized carbons (Fsp3) is 0.625. The summed E-state index contributed by atoms with van der Waals surface area (Å²) in [5.74, 6) is -154. The molecule has 0 aliphatic carbocycles. The van der Waals surface area contributed by atoms with Gasteiger partial charge in [0.25, 0.3) is 0 Å². The third kappa shape index (κ3) is 9.49. The predicted octanol–water partition coefficient (Wildman–Crippen LogP) is 17.4.